The number of benzene rings is 1. The monoisotopic (exact) mass is 280 g/mol. The molecule has 0 fully saturated rings. The normalized spacial score (nSPS) is 11.5. The van der Waals surface area contributed by atoms with Crippen LogP contribution in [-0.2, 0) is 4.79 Å². The molecule has 1 atom stereocenters. The summed E-state index contributed by atoms with van der Waals surface area (Å²) in [6, 6.07) is 6.69. The minimum Gasteiger partial charge on any atom is -0.495 e. The summed E-state index contributed by atoms with van der Waals surface area (Å²) < 4.78 is 5.13. The van der Waals surface area contributed by atoms with Crippen molar-refractivity contribution in [1.82, 2.24) is 5.32 Å². The second kappa shape index (κ2) is 8.04. The van der Waals surface area contributed by atoms with E-state index in [-0.39, 0.29) is 18.5 Å². The average molecular weight is 280 g/mol. The fraction of sp³-hybridized carbons (Fsp3) is 0.429. The minimum absolute atomic E-state index is 0.0935. The largest absolute Gasteiger partial charge is 0.495 e. The van der Waals surface area contributed by atoms with Crippen LogP contribution >= 0.6 is 0 Å². The van der Waals surface area contributed by atoms with Gasteiger partial charge < -0.3 is 20.5 Å². The second-order valence-electron chi connectivity index (χ2n) is 4.49. The molecule has 6 nitrogen and oxygen atoms in total. The maximum absolute atomic E-state index is 11.8. The molecule has 6 heteroatoms. The number of carboxylic acid groups (broad SMARTS) is 1. The summed E-state index contributed by atoms with van der Waals surface area (Å²) >= 11 is 0. The van der Waals surface area contributed by atoms with Gasteiger partial charge >= 0.3 is 12.0 Å². The van der Waals surface area contributed by atoms with Gasteiger partial charge in [-0.2, -0.15) is 0 Å². The van der Waals surface area contributed by atoms with E-state index >= 15 is 0 Å². The number of carbonyl (C=O) groups is 2. The molecule has 1 unspecified atom stereocenters. The fourth-order valence-electron chi connectivity index (χ4n) is 1.76. The number of rotatable bonds is 7. The molecule has 2 amide bonds. The molecule has 110 valence electrons. The molecule has 0 radical (unpaired) electrons. The Morgan fingerprint density at radius 1 is 1.35 bits per heavy atom. The molecule has 0 spiro atoms. The van der Waals surface area contributed by atoms with Gasteiger partial charge in [0.05, 0.1) is 12.8 Å². The van der Waals surface area contributed by atoms with Crippen molar-refractivity contribution in [3.8, 4) is 5.75 Å². The SMILES string of the molecule is COc1ccccc1NC(=O)NC(C)CCCC(=O)O. The van der Waals surface area contributed by atoms with Crippen LogP contribution in [0, 0.1) is 0 Å². The predicted molar refractivity (Wildman–Crippen MR) is 76.1 cm³/mol. The van der Waals surface area contributed by atoms with Crippen LogP contribution in [0.25, 0.3) is 0 Å². The Labute approximate surface area is 118 Å². The van der Waals surface area contributed by atoms with Crippen molar-refractivity contribution in [3.63, 3.8) is 0 Å². The van der Waals surface area contributed by atoms with Crippen molar-refractivity contribution in [3.05, 3.63) is 24.3 Å². The Morgan fingerprint density at radius 3 is 2.70 bits per heavy atom. The number of methoxy groups -OCH3 is 1. The summed E-state index contributed by atoms with van der Waals surface area (Å²) in [6.07, 6.45) is 1.26. The minimum atomic E-state index is -0.823. The first-order chi connectivity index (χ1) is 9.52. The smallest absolute Gasteiger partial charge is 0.319 e. The quantitative estimate of drug-likeness (QED) is 0.716. The van der Waals surface area contributed by atoms with Crippen LogP contribution < -0.4 is 15.4 Å². The van der Waals surface area contributed by atoms with Crippen LogP contribution in [0.15, 0.2) is 24.3 Å². The van der Waals surface area contributed by atoms with Crippen molar-refractivity contribution >= 4 is 17.7 Å². The number of hydrogen-bond donors (Lipinski definition) is 3. The molecule has 0 aliphatic heterocycles. The summed E-state index contributed by atoms with van der Waals surface area (Å²) in [4.78, 5) is 22.2. The Balaban J connectivity index is 2.41. The topological polar surface area (TPSA) is 87.7 Å². The molecule has 0 bridgehead atoms. The molecular weight excluding hydrogens is 260 g/mol. The van der Waals surface area contributed by atoms with Crippen molar-refractivity contribution < 1.29 is 19.4 Å². The van der Waals surface area contributed by atoms with Crippen LogP contribution in [0.5, 0.6) is 5.75 Å². The van der Waals surface area contributed by atoms with Gasteiger partial charge in [-0.1, -0.05) is 12.1 Å². The van der Waals surface area contributed by atoms with E-state index in [2.05, 4.69) is 10.6 Å². The van der Waals surface area contributed by atoms with Gasteiger partial charge in [0, 0.05) is 12.5 Å². The van der Waals surface area contributed by atoms with Crippen molar-refractivity contribution in [2.24, 2.45) is 0 Å². The first kappa shape index (κ1) is 15.8. The highest BCUT2D eigenvalue weighted by Crippen LogP contribution is 2.22. The van der Waals surface area contributed by atoms with Gasteiger partial charge in [0.1, 0.15) is 5.75 Å². The van der Waals surface area contributed by atoms with E-state index in [9.17, 15) is 9.59 Å². The lowest BCUT2D eigenvalue weighted by atomic mass is 10.1. The Kier molecular flexibility index (Phi) is 6.36. The van der Waals surface area contributed by atoms with E-state index in [0.717, 1.165) is 0 Å². The number of carbonyl (C=O) groups excluding carboxylic acids is 1. The molecule has 1 rings (SSSR count). The standard InChI is InChI=1S/C14H20N2O4/c1-10(6-5-9-13(17)18)15-14(19)16-11-7-3-4-8-12(11)20-2/h3-4,7-8,10H,5-6,9H2,1-2H3,(H,17,18)(H2,15,16,19). The number of nitrogens with one attached hydrogen (secondary N) is 2. The van der Waals surface area contributed by atoms with Crippen LogP contribution in [-0.4, -0.2) is 30.3 Å². The van der Waals surface area contributed by atoms with Gasteiger partial charge in [0.25, 0.3) is 0 Å². The number of hydrogen-bond acceptors (Lipinski definition) is 3. The van der Waals surface area contributed by atoms with Crippen molar-refractivity contribution in [2.75, 3.05) is 12.4 Å². The molecule has 3 N–H and O–H groups in total. The number of urea groups is 1. The molecule has 20 heavy (non-hydrogen) atoms. The highest BCUT2D eigenvalue weighted by molar-refractivity contribution is 5.91. The Hall–Kier alpha value is -2.24. The molecule has 0 saturated carbocycles. The van der Waals surface area contributed by atoms with Gasteiger partial charge in [-0.05, 0) is 31.9 Å². The number of anilines is 1. The predicted octanol–water partition coefficient (Wildman–Crippen LogP) is 2.46. The van der Waals surface area contributed by atoms with E-state index in [1.165, 1.54) is 7.11 Å². The molecule has 0 heterocycles. The van der Waals surface area contributed by atoms with Gasteiger partial charge in [0.2, 0.25) is 0 Å². The number of ether oxygens (including phenoxy) is 1. The molecule has 1 aromatic rings. The average Bonchev–Trinajstić information content (AvgIpc) is 2.38. The summed E-state index contributed by atoms with van der Waals surface area (Å²) in [5, 5.41) is 14.0. The first-order valence-corrected chi connectivity index (χ1v) is 6.45. The number of amides is 2. The van der Waals surface area contributed by atoms with E-state index in [1.54, 1.807) is 18.2 Å². The van der Waals surface area contributed by atoms with E-state index in [4.69, 9.17) is 9.84 Å². The zero-order chi connectivity index (χ0) is 15.0. The van der Waals surface area contributed by atoms with Crippen LogP contribution in [0.1, 0.15) is 26.2 Å². The van der Waals surface area contributed by atoms with E-state index < -0.39 is 5.97 Å². The van der Waals surface area contributed by atoms with Crippen LogP contribution in [0.2, 0.25) is 0 Å². The lowest BCUT2D eigenvalue weighted by molar-refractivity contribution is -0.137. The van der Waals surface area contributed by atoms with Gasteiger partial charge in [-0.15, -0.1) is 0 Å². The van der Waals surface area contributed by atoms with Gasteiger partial charge in [-0.3, -0.25) is 4.79 Å². The third kappa shape index (κ3) is 5.60. The number of aliphatic carboxylic acids is 1. The molecule has 1 aromatic carbocycles. The lowest BCUT2D eigenvalue weighted by Gasteiger charge is -2.15. The highest BCUT2D eigenvalue weighted by Gasteiger charge is 2.10. The van der Waals surface area contributed by atoms with Crippen LogP contribution in [0.3, 0.4) is 0 Å². The van der Waals surface area contributed by atoms with Crippen molar-refractivity contribution in [2.45, 2.75) is 32.2 Å². The zero-order valence-electron chi connectivity index (χ0n) is 11.7. The zero-order valence-corrected chi connectivity index (χ0v) is 11.7. The highest BCUT2D eigenvalue weighted by atomic mass is 16.5. The molecular formula is C14H20N2O4. The van der Waals surface area contributed by atoms with E-state index in [1.807, 2.05) is 13.0 Å². The third-order valence-corrected chi connectivity index (χ3v) is 2.76. The van der Waals surface area contributed by atoms with Gasteiger partial charge in [0.15, 0.2) is 0 Å². The molecule has 0 aromatic heterocycles. The van der Waals surface area contributed by atoms with Crippen LogP contribution in [0.4, 0.5) is 10.5 Å². The Bertz CT molecular complexity index is 462. The second-order valence-corrected chi connectivity index (χ2v) is 4.49. The maximum Gasteiger partial charge on any atom is 0.319 e. The summed E-state index contributed by atoms with van der Waals surface area (Å²) in [7, 11) is 1.53. The molecule has 0 aliphatic carbocycles. The number of carboxylic acids is 1. The molecule has 0 aliphatic rings. The lowest BCUT2D eigenvalue weighted by Crippen LogP contribution is -2.36. The van der Waals surface area contributed by atoms with E-state index in [0.29, 0.717) is 24.3 Å². The summed E-state index contributed by atoms with van der Waals surface area (Å²) in [5.41, 5.74) is 0.588. The van der Waals surface area contributed by atoms with Gasteiger partial charge in [-0.25, -0.2) is 4.79 Å². The van der Waals surface area contributed by atoms with Crippen molar-refractivity contribution in [1.29, 1.82) is 0 Å². The third-order valence-electron chi connectivity index (χ3n) is 2.76. The fourth-order valence-corrected chi connectivity index (χ4v) is 1.76. The summed E-state index contributed by atoms with van der Waals surface area (Å²) in [6.45, 7) is 1.84. The molecule has 0 saturated heterocycles. The number of para-hydroxylation sites is 2. The first-order valence-electron chi connectivity index (χ1n) is 6.45. The maximum atomic E-state index is 11.8. The Morgan fingerprint density at radius 2 is 2.05 bits per heavy atom. The summed E-state index contributed by atoms with van der Waals surface area (Å²) in [5.74, 6) is -0.239.